The topological polar surface area (TPSA) is 0 Å². The third kappa shape index (κ3) is 5.65. The molecule has 1 heteroatoms. The van der Waals surface area contributed by atoms with Crippen molar-refractivity contribution in [1.82, 2.24) is 0 Å². The summed E-state index contributed by atoms with van der Waals surface area (Å²) in [6.45, 7) is 13.0. The van der Waals surface area contributed by atoms with Crippen LogP contribution in [0.1, 0.15) is 41.5 Å². The van der Waals surface area contributed by atoms with Crippen LogP contribution < -0.4 is 0 Å². The van der Waals surface area contributed by atoms with Crippen molar-refractivity contribution >= 4 is 11.6 Å². The molecule has 1 unspecified atom stereocenters. The summed E-state index contributed by atoms with van der Waals surface area (Å²) in [4.78, 5) is 0. The minimum Gasteiger partial charge on any atom is -0.118 e. The molecule has 0 bridgehead atoms. The lowest BCUT2D eigenvalue weighted by atomic mass is 9.89. The van der Waals surface area contributed by atoms with E-state index in [0.717, 1.165) is 0 Å². The van der Waals surface area contributed by atoms with E-state index < -0.39 is 0 Å². The van der Waals surface area contributed by atoms with E-state index >= 15 is 0 Å². The van der Waals surface area contributed by atoms with E-state index in [0.29, 0.717) is 0 Å². The second-order valence-corrected chi connectivity index (χ2v) is 5.96. The van der Waals surface area contributed by atoms with Gasteiger partial charge in [0.15, 0.2) is 0 Å². The standard InChI is InChI=1S/C11H21Cl/c1-10(2,3)8-7-9(12)11(4,5)6/h7-9H,1-6H3/b8-7+. The number of halogens is 1. The van der Waals surface area contributed by atoms with Gasteiger partial charge in [-0.15, -0.1) is 11.6 Å². The molecule has 0 aromatic rings. The largest absolute Gasteiger partial charge is 0.118 e. The van der Waals surface area contributed by atoms with Gasteiger partial charge >= 0.3 is 0 Å². The molecule has 72 valence electrons. The van der Waals surface area contributed by atoms with Crippen LogP contribution in [0.4, 0.5) is 0 Å². The normalized spacial score (nSPS) is 16.9. The Hall–Kier alpha value is 0.0300. The molecule has 12 heavy (non-hydrogen) atoms. The molecule has 0 heterocycles. The Balaban J connectivity index is 4.19. The molecular formula is C11H21Cl. The molecule has 0 saturated heterocycles. The second-order valence-electron chi connectivity index (χ2n) is 5.49. The first kappa shape index (κ1) is 12.0. The van der Waals surface area contributed by atoms with E-state index in [1.54, 1.807) is 0 Å². The van der Waals surface area contributed by atoms with Gasteiger partial charge in [-0.25, -0.2) is 0 Å². The van der Waals surface area contributed by atoms with Crippen LogP contribution in [0.5, 0.6) is 0 Å². The monoisotopic (exact) mass is 188 g/mol. The van der Waals surface area contributed by atoms with Crippen molar-refractivity contribution in [2.24, 2.45) is 10.8 Å². The van der Waals surface area contributed by atoms with E-state index in [9.17, 15) is 0 Å². The van der Waals surface area contributed by atoms with Crippen molar-refractivity contribution in [3.05, 3.63) is 12.2 Å². The van der Waals surface area contributed by atoms with Gasteiger partial charge in [0.25, 0.3) is 0 Å². The number of hydrogen-bond donors (Lipinski definition) is 0. The number of rotatable bonds is 1. The van der Waals surface area contributed by atoms with Gasteiger partial charge in [-0.3, -0.25) is 0 Å². The van der Waals surface area contributed by atoms with Crippen LogP contribution >= 0.6 is 11.6 Å². The minimum absolute atomic E-state index is 0.122. The highest BCUT2D eigenvalue weighted by molar-refractivity contribution is 6.22. The molecule has 0 aliphatic heterocycles. The molecule has 0 N–H and O–H groups in total. The maximum atomic E-state index is 6.18. The highest BCUT2D eigenvalue weighted by atomic mass is 35.5. The Morgan fingerprint density at radius 1 is 1.00 bits per heavy atom. The lowest BCUT2D eigenvalue weighted by molar-refractivity contribution is 0.424. The van der Waals surface area contributed by atoms with Crippen LogP contribution in [-0.4, -0.2) is 5.38 Å². The van der Waals surface area contributed by atoms with Crippen molar-refractivity contribution in [3.8, 4) is 0 Å². The molecule has 0 aromatic heterocycles. The molecule has 0 saturated carbocycles. The minimum atomic E-state index is 0.122. The number of hydrogen-bond acceptors (Lipinski definition) is 0. The van der Waals surface area contributed by atoms with Gasteiger partial charge in [0.05, 0.1) is 5.38 Å². The lowest BCUT2D eigenvalue weighted by Crippen LogP contribution is -2.18. The molecule has 0 nitrogen and oxygen atoms in total. The quantitative estimate of drug-likeness (QED) is 0.427. The highest BCUT2D eigenvalue weighted by Crippen LogP contribution is 2.27. The van der Waals surface area contributed by atoms with Crippen molar-refractivity contribution in [3.63, 3.8) is 0 Å². The van der Waals surface area contributed by atoms with Gasteiger partial charge in [-0.1, -0.05) is 53.7 Å². The summed E-state index contributed by atoms with van der Waals surface area (Å²) < 4.78 is 0. The summed E-state index contributed by atoms with van der Waals surface area (Å²) in [7, 11) is 0. The zero-order valence-corrected chi connectivity index (χ0v) is 9.87. The summed E-state index contributed by atoms with van der Waals surface area (Å²) in [5, 5.41) is 0.122. The van der Waals surface area contributed by atoms with E-state index in [1.165, 1.54) is 0 Å². The first-order chi connectivity index (χ1) is 5.13. The molecule has 0 radical (unpaired) electrons. The van der Waals surface area contributed by atoms with Crippen LogP contribution in [0.3, 0.4) is 0 Å². The second kappa shape index (κ2) is 3.83. The van der Waals surface area contributed by atoms with E-state index in [4.69, 9.17) is 11.6 Å². The zero-order chi connectivity index (χ0) is 9.99. The Labute approximate surface area is 82.0 Å². The van der Waals surface area contributed by atoms with Crippen LogP contribution in [0.15, 0.2) is 12.2 Å². The molecule has 0 amide bonds. The zero-order valence-electron chi connectivity index (χ0n) is 9.11. The van der Waals surface area contributed by atoms with E-state index in [1.807, 2.05) is 0 Å². The predicted octanol–water partition coefficient (Wildman–Crippen LogP) is 4.24. The maximum Gasteiger partial charge on any atom is 0.0564 e. The summed E-state index contributed by atoms with van der Waals surface area (Å²) in [6, 6.07) is 0. The van der Waals surface area contributed by atoms with Gasteiger partial charge in [-0.05, 0) is 10.8 Å². The summed E-state index contributed by atoms with van der Waals surface area (Å²) in [5.41, 5.74) is 0.391. The molecule has 0 aliphatic rings. The summed E-state index contributed by atoms with van der Waals surface area (Å²) in [5.74, 6) is 0. The Bertz CT molecular complexity index is 155. The fourth-order valence-electron chi connectivity index (χ4n) is 0.662. The molecule has 0 aliphatic carbocycles. The SMILES string of the molecule is CC(C)(C)/C=C/C(Cl)C(C)(C)C. The lowest BCUT2D eigenvalue weighted by Gasteiger charge is -2.23. The number of allylic oxidation sites excluding steroid dienone is 2. The smallest absolute Gasteiger partial charge is 0.0564 e. The first-order valence-electron chi connectivity index (χ1n) is 4.46. The van der Waals surface area contributed by atoms with Gasteiger partial charge < -0.3 is 0 Å². The molecule has 0 aromatic carbocycles. The van der Waals surface area contributed by atoms with Crippen molar-refractivity contribution in [1.29, 1.82) is 0 Å². The fraction of sp³-hybridized carbons (Fsp3) is 0.818. The predicted molar refractivity (Wildman–Crippen MR) is 57.7 cm³/mol. The molecule has 0 spiro atoms. The highest BCUT2D eigenvalue weighted by Gasteiger charge is 2.19. The average molecular weight is 189 g/mol. The number of alkyl halides is 1. The van der Waals surface area contributed by atoms with Crippen molar-refractivity contribution in [2.75, 3.05) is 0 Å². The van der Waals surface area contributed by atoms with E-state index in [2.05, 4.69) is 53.7 Å². The van der Waals surface area contributed by atoms with E-state index in [-0.39, 0.29) is 16.2 Å². The third-order valence-corrected chi connectivity index (χ3v) is 2.39. The van der Waals surface area contributed by atoms with Gasteiger partial charge in [0.2, 0.25) is 0 Å². The molecule has 0 rings (SSSR count). The fourth-order valence-corrected chi connectivity index (χ4v) is 0.735. The van der Waals surface area contributed by atoms with Crippen LogP contribution in [-0.2, 0) is 0 Å². The van der Waals surface area contributed by atoms with Crippen molar-refractivity contribution < 1.29 is 0 Å². The van der Waals surface area contributed by atoms with Gasteiger partial charge in [0, 0.05) is 0 Å². The van der Waals surface area contributed by atoms with Crippen LogP contribution in [0.25, 0.3) is 0 Å². The van der Waals surface area contributed by atoms with Crippen LogP contribution in [0, 0.1) is 10.8 Å². The average Bonchev–Trinajstić information content (AvgIpc) is 1.78. The Kier molecular flexibility index (Phi) is 3.84. The van der Waals surface area contributed by atoms with Gasteiger partial charge in [-0.2, -0.15) is 0 Å². The van der Waals surface area contributed by atoms with Crippen LogP contribution in [0.2, 0.25) is 0 Å². The first-order valence-corrected chi connectivity index (χ1v) is 4.90. The maximum absolute atomic E-state index is 6.18. The summed E-state index contributed by atoms with van der Waals surface area (Å²) >= 11 is 6.18. The molecule has 1 atom stereocenters. The molecule has 0 fully saturated rings. The van der Waals surface area contributed by atoms with Crippen molar-refractivity contribution in [2.45, 2.75) is 46.9 Å². The summed E-state index contributed by atoms with van der Waals surface area (Å²) in [6.07, 6.45) is 4.28. The Morgan fingerprint density at radius 2 is 1.42 bits per heavy atom. The molecular weight excluding hydrogens is 168 g/mol. The van der Waals surface area contributed by atoms with Gasteiger partial charge in [0.1, 0.15) is 0 Å². The Morgan fingerprint density at radius 3 is 1.67 bits per heavy atom. The third-order valence-electron chi connectivity index (χ3n) is 1.59.